The van der Waals surface area contributed by atoms with Crippen LogP contribution in [-0.4, -0.2) is 17.9 Å². The Morgan fingerprint density at radius 1 is 0.967 bits per heavy atom. The lowest BCUT2D eigenvalue weighted by Crippen LogP contribution is -2.50. The maximum Gasteiger partial charge on any atom is 0.226 e. The Kier molecular flexibility index (Phi) is 5.48. The summed E-state index contributed by atoms with van der Waals surface area (Å²) in [5.41, 5.74) is 1.47. The van der Waals surface area contributed by atoms with Crippen LogP contribution in [0.2, 0.25) is 0 Å². The van der Waals surface area contributed by atoms with Gasteiger partial charge in [0.25, 0.3) is 0 Å². The Morgan fingerprint density at radius 3 is 2.53 bits per heavy atom. The highest BCUT2D eigenvalue weighted by atomic mass is 16.2. The molecule has 0 spiro atoms. The van der Waals surface area contributed by atoms with Gasteiger partial charge in [-0.3, -0.25) is 4.79 Å². The van der Waals surface area contributed by atoms with Gasteiger partial charge in [0.1, 0.15) is 0 Å². The van der Waals surface area contributed by atoms with Crippen molar-refractivity contribution >= 4 is 5.91 Å². The fraction of sp³-hybridized carbons (Fsp3) is 0.750. The Hall–Kier alpha value is -1.31. The average molecular weight is 408 g/mol. The van der Waals surface area contributed by atoms with Crippen LogP contribution in [0.15, 0.2) is 30.3 Å². The van der Waals surface area contributed by atoms with E-state index in [0.717, 1.165) is 48.5 Å². The molecule has 4 saturated carbocycles. The fourth-order valence-corrected chi connectivity index (χ4v) is 8.69. The van der Waals surface area contributed by atoms with Gasteiger partial charge in [-0.15, -0.1) is 0 Å². The SMILES string of the molecule is CC1CCC2C(CCC3C2CCC2(C)C3CC[C@@H]2C(=O)N(C)Cc2ccccc2)C1. The number of rotatable bonds is 3. The van der Waals surface area contributed by atoms with Gasteiger partial charge in [0.15, 0.2) is 0 Å². The smallest absolute Gasteiger partial charge is 0.226 e. The average Bonchev–Trinajstić information content (AvgIpc) is 3.10. The van der Waals surface area contributed by atoms with Crippen LogP contribution in [-0.2, 0) is 11.3 Å². The van der Waals surface area contributed by atoms with Crippen LogP contribution in [0, 0.1) is 46.8 Å². The summed E-state index contributed by atoms with van der Waals surface area (Å²) >= 11 is 0. The predicted octanol–water partition coefficient (Wildman–Crippen LogP) is 6.55. The van der Waals surface area contributed by atoms with E-state index in [1.165, 1.54) is 56.9 Å². The molecule has 4 aliphatic rings. The first-order chi connectivity index (χ1) is 14.5. The van der Waals surface area contributed by atoms with Gasteiger partial charge in [-0.1, -0.05) is 50.6 Å². The van der Waals surface area contributed by atoms with Crippen molar-refractivity contribution in [3.63, 3.8) is 0 Å². The van der Waals surface area contributed by atoms with Gasteiger partial charge >= 0.3 is 0 Å². The standard InChI is InChI=1S/C28H41NO/c1-19-9-11-22-21(17-19)10-12-24-23(22)15-16-28(2)25(24)13-14-26(28)27(30)29(3)18-20-7-5-4-6-8-20/h4-8,19,21-26H,9-18H2,1-3H3/t19?,21?,22?,23?,24?,25?,26-,28?/m1/s1. The van der Waals surface area contributed by atoms with Gasteiger partial charge in [0, 0.05) is 19.5 Å². The molecule has 4 aliphatic carbocycles. The highest BCUT2D eigenvalue weighted by molar-refractivity contribution is 5.80. The van der Waals surface area contributed by atoms with Crippen LogP contribution in [0.4, 0.5) is 0 Å². The van der Waals surface area contributed by atoms with Crippen molar-refractivity contribution in [1.82, 2.24) is 4.90 Å². The normalized spacial score (nSPS) is 42.7. The van der Waals surface area contributed by atoms with Crippen LogP contribution in [0.25, 0.3) is 0 Å². The number of benzene rings is 1. The third-order valence-electron chi connectivity index (χ3n) is 10.2. The summed E-state index contributed by atoms with van der Waals surface area (Å²) in [5, 5.41) is 0. The number of hydrogen-bond donors (Lipinski definition) is 0. The summed E-state index contributed by atoms with van der Waals surface area (Å²) in [6, 6.07) is 10.5. The lowest BCUT2D eigenvalue weighted by atomic mass is 9.49. The molecule has 7 unspecified atom stereocenters. The van der Waals surface area contributed by atoms with Crippen molar-refractivity contribution in [2.24, 2.45) is 46.8 Å². The first kappa shape index (κ1) is 20.6. The van der Waals surface area contributed by atoms with Gasteiger partial charge in [0.2, 0.25) is 5.91 Å². The molecule has 0 N–H and O–H groups in total. The molecular formula is C28H41NO. The van der Waals surface area contributed by atoms with E-state index in [4.69, 9.17) is 0 Å². The second-order valence-corrected chi connectivity index (χ2v) is 11.7. The molecule has 4 fully saturated rings. The lowest BCUT2D eigenvalue weighted by molar-refractivity contribution is -0.142. The Bertz CT molecular complexity index is 759. The first-order valence-electron chi connectivity index (χ1n) is 12.8. The summed E-state index contributed by atoms with van der Waals surface area (Å²) in [7, 11) is 2.02. The van der Waals surface area contributed by atoms with E-state index >= 15 is 0 Å². The predicted molar refractivity (Wildman–Crippen MR) is 123 cm³/mol. The van der Waals surface area contributed by atoms with Crippen LogP contribution < -0.4 is 0 Å². The van der Waals surface area contributed by atoms with Crippen LogP contribution in [0.1, 0.15) is 77.2 Å². The summed E-state index contributed by atoms with van der Waals surface area (Å²) in [6.45, 7) is 5.71. The molecule has 0 aliphatic heterocycles. The molecule has 1 amide bonds. The second kappa shape index (κ2) is 7.99. The quantitative estimate of drug-likeness (QED) is 0.556. The monoisotopic (exact) mass is 407 g/mol. The van der Waals surface area contributed by atoms with Crippen molar-refractivity contribution in [3.8, 4) is 0 Å². The number of nitrogens with zero attached hydrogens (tertiary/aromatic N) is 1. The van der Waals surface area contributed by atoms with Gasteiger partial charge < -0.3 is 4.90 Å². The van der Waals surface area contributed by atoms with E-state index in [-0.39, 0.29) is 11.3 Å². The van der Waals surface area contributed by atoms with E-state index in [1.807, 2.05) is 18.0 Å². The molecule has 0 heterocycles. The third-order valence-corrected chi connectivity index (χ3v) is 10.2. The van der Waals surface area contributed by atoms with Crippen molar-refractivity contribution in [2.45, 2.75) is 78.2 Å². The maximum absolute atomic E-state index is 13.6. The number of fused-ring (bicyclic) bond motifs is 5. The van der Waals surface area contributed by atoms with E-state index in [0.29, 0.717) is 5.91 Å². The van der Waals surface area contributed by atoms with Crippen molar-refractivity contribution in [2.75, 3.05) is 7.05 Å². The van der Waals surface area contributed by atoms with Crippen LogP contribution in [0.5, 0.6) is 0 Å². The molecule has 1 aromatic rings. The molecule has 30 heavy (non-hydrogen) atoms. The van der Waals surface area contributed by atoms with E-state index in [9.17, 15) is 4.79 Å². The molecule has 0 radical (unpaired) electrons. The van der Waals surface area contributed by atoms with Gasteiger partial charge in [-0.25, -0.2) is 0 Å². The Labute approximate surface area is 183 Å². The molecule has 1 aromatic carbocycles. The number of carbonyl (C=O) groups excluding carboxylic acids is 1. The van der Waals surface area contributed by atoms with Crippen molar-refractivity contribution in [1.29, 1.82) is 0 Å². The zero-order valence-electron chi connectivity index (χ0n) is 19.4. The van der Waals surface area contributed by atoms with Gasteiger partial charge in [-0.05, 0) is 97.9 Å². The summed E-state index contributed by atoms with van der Waals surface area (Å²) in [6.07, 6.45) is 12.4. The molecule has 0 aromatic heterocycles. The minimum Gasteiger partial charge on any atom is -0.341 e. The van der Waals surface area contributed by atoms with Gasteiger partial charge in [-0.2, -0.15) is 0 Å². The molecule has 0 bridgehead atoms. The maximum atomic E-state index is 13.6. The third kappa shape index (κ3) is 3.43. The molecular weight excluding hydrogens is 366 g/mol. The molecule has 164 valence electrons. The minimum absolute atomic E-state index is 0.234. The van der Waals surface area contributed by atoms with Crippen LogP contribution >= 0.6 is 0 Å². The number of hydrogen-bond acceptors (Lipinski definition) is 1. The molecule has 8 atom stereocenters. The zero-order valence-corrected chi connectivity index (χ0v) is 19.4. The Balaban J connectivity index is 1.30. The fourth-order valence-electron chi connectivity index (χ4n) is 8.69. The second-order valence-electron chi connectivity index (χ2n) is 11.7. The molecule has 5 rings (SSSR count). The van der Waals surface area contributed by atoms with E-state index < -0.39 is 0 Å². The molecule has 2 heteroatoms. The molecule has 0 saturated heterocycles. The topological polar surface area (TPSA) is 20.3 Å². The summed E-state index contributed by atoms with van der Waals surface area (Å²) < 4.78 is 0. The number of amides is 1. The highest BCUT2D eigenvalue weighted by Gasteiger charge is 2.58. The Morgan fingerprint density at radius 2 is 1.73 bits per heavy atom. The van der Waals surface area contributed by atoms with Gasteiger partial charge in [0.05, 0.1) is 0 Å². The summed E-state index contributed by atoms with van der Waals surface area (Å²) in [4.78, 5) is 15.6. The van der Waals surface area contributed by atoms with Crippen molar-refractivity contribution in [3.05, 3.63) is 35.9 Å². The van der Waals surface area contributed by atoms with E-state index in [2.05, 4.69) is 38.1 Å². The zero-order chi connectivity index (χ0) is 20.9. The van der Waals surface area contributed by atoms with E-state index in [1.54, 1.807) is 0 Å². The largest absolute Gasteiger partial charge is 0.341 e. The first-order valence-corrected chi connectivity index (χ1v) is 12.8. The highest BCUT2D eigenvalue weighted by Crippen LogP contribution is 2.64. The minimum atomic E-state index is 0.234. The molecule has 2 nitrogen and oxygen atoms in total. The lowest BCUT2D eigenvalue weighted by Gasteiger charge is -2.56. The number of carbonyl (C=O) groups is 1. The van der Waals surface area contributed by atoms with Crippen molar-refractivity contribution < 1.29 is 4.79 Å². The summed E-state index contributed by atoms with van der Waals surface area (Å²) in [5.74, 6) is 6.25. The van der Waals surface area contributed by atoms with Crippen LogP contribution in [0.3, 0.4) is 0 Å².